The fourth-order valence-corrected chi connectivity index (χ4v) is 4.40. The number of hydrogen-bond donors (Lipinski definition) is 1. The maximum Gasteiger partial charge on any atom is 0.337 e. The van der Waals surface area contributed by atoms with Gasteiger partial charge in [-0.25, -0.2) is 9.69 Å². The summed E-state index contributed by atoms with van der Waals surface area (Å²) >= 11 is 5.73. The first-order valence-corrected chi connectivity index (χ1v) is 12.2. The van der Waals surface area contributed by atoms with E-state index in [2.05, 4.69) is 5.32 Å². The van der Waals surface area contributed by atoms with Gasteiger partial charge in [0.2, 0.25) is 5.91 Å². The summed E-state index contributed by atoms with van der Waals surface area (Å²) in [6.45, 7) is 2.82. The van der Waals surface area contributed by atoms with Crippen LogP contribution in [0.25, 0.3) is 0 Å². The molecule has 3 aromatic rings. The van der Waals surface area contributed by atoms with Crippen molar-refractivity contribution in [3.05, 3.63) is 90.0 Å². The zero-order chi connectivity index (χ0) is 26.4. The number of rotatable bonds is 8. The highest BCUT2D eigenvalue weighted by molar-refractivity contribution is 7.80. The average Bonchev–Trinajstić information content (AvgIpc) is 3.21. The van der Waals surface area contributed by atoms with E-state index in [1.807, 2.05) is 61.5 Å². The van der Waals surface area contributed by atoms with Crippen molar-refractivity contribution in [1.29, 1.82) is 0 Å². The van der Waals surface area contributed by atoms with E-state index in [0.717, 1.165) is 21.9 Å². The highest BCUT2D eigenvalue weighted by Gasteiger charge is 2.43. The molecule has 1 saturated heterocycles. The van der Waals surface area contributed by atoms with Crippen molar-refractivity contribution >= 4 is 46.5 Å². The Morgan fingerprint density at radius 3 is 2.32 bits per heavy atom. The van der Waals surface area contributed by atoms with Crippen LogP contribution in [0.5, 0.6) is 5.75 Å². The Morgan fingerprint density at radius 2 is 1.70 bits per heavy atom. The summed E-state index contributed by atoms with van der Waals surface area (Å²) < 4.78 is 10.2. The zero-order valence-electron chi connectivity index (χ0n) is 20.5. The molecule has 4 rings (SSSR count). The van der Waals surface area contributed by atoms with Crippen LogP contribution in [0.1, 0.15) is 29.3 Å². The number of amides is 2. The number of nitrogens with one attached hydrogen (secondary N) is 1. The molecule has 2 amide bonds. The third-order valence-corrected chi connectivity index (χ3v) is 6.26. The molecule has 3 aromatic carbocycles. The van der Waals surface area contributed by atoms with Crippen molar-refractivity contribution in [2.45, 2.75) is 25.9 Å². The Balaban J connectivity index is 1.58. The summed E-state index contributed by atoms with van der Waals surface area (Å²) in [6, 6.07) is 22.3. The fraction of sp³-hybridized carbons (Fsp3) is 0.214. The van der Waals surface area contributed by atoms with Crippen LogP contribution in [-0.4, -0.2) is 47.6 Å². The van der Waals surface area contributed by atoms with Crippen LogP contribution in [0, 0.1) is 0 Å². The van der Waals surface area contributed by atoms with E-state index in [-0.39, 0.29) is 18.2 Å². The fourth-order valence-electron chi connectivity index (χ4n) is 4.10. The highest BCUT2D eigenvalue weighted by Crippen LogP contribution is 2.28. The number of ether oxygens (including phenoxy) is 2. The Hall–Kier alpha value is -4.24. The molecule has 1 heterocycles. The lowest BCUT2D eigenvalue weighted by Crippen LogP contribution is -2.46. The molecule has 0 bridgehead atoms. The van der Waals surface area contributed by atoms with Gasteiger partial charge in [0.1, 0.15) is 11.8 Å². The summed E-state index contributed by atoms with van der Waals surface area (Å²) in [7, 11) is 1.29. The zero-order valence-corrected chi connectivity index (χ0v) is 21.4. The molecule has 9 heteroatoms. The first-order valence-electron chi connectivity index (χ1n) is 11.8. The van der Waals surface area contributed by atoms with Crippen molar-refractivity contribution in [2.75, 3.05) is 23.9 Å². The molecule has 8 nitrogen and oxygen atoms in total. The monoisotopic (exact) mass is 517 g/mol. The van der Waals surface area contributed by atoms with Gasteiger partial charge in [-0.3, -0.25) is 9.59 Å². The van der Waals surface area contributed by atoms with E-state index < -0.39 is 12.0 Å². The second-order valence-corrected chi connectivity index (χ2v) is 8.71. The number of anilines is 2. The second-order valence-electron chi connectivity index (χ2n) is 8.33. The molecule has 1 N–H and O–H groups in total. The highest BCUT2D eigenvalue weighted by atomic mass is 32.1. The van der Waals surface area contributed by atoms with Gasteiger partial charge in [0.25, 0.3) is 5.91 Å². The van der Waals surface area contributed by atoms with Crippen molar-refractivity contribution in [3.8, 4) is 5.75 Å². The van der Waals surface area contributed by atoms with Crippen LogP contribution >= 0.6 is 12.2 Å². The van der Waals surface area contributed by atoms with Crippen LogP contribution in [0.3, 0.4) is 0 Å². The number of nitrogens with zero attached hydrogens (tertiary/aromatic N) is 2. The van der Waals surface area contributed by atoms with Gasteiger partial charge >= 0.3 is 5.97 Å². The molecule has 1 aliphatic heterocycles. The van der Waals surface area contributed by atoms with Gasteiger partial charge in [0.05, 0.1) is 31.4 Å². The number of carbonyl (C=O) groups excluding carboxylic acids is 3. The molecule has 0 saturated carbocycles. The maximum absolute atomic E-state index is 13.6. The Kier molecular flexibility index (Phi) is 8.15. The number of methoxy groups -OCH3 is 1. The first-order chi connectivity index (χ1) is 17.9. The smallest absolute Gasteiger partial charge is 0.337 e. The van der Waals surface area contributed by atoms with Crippen molar-refractivity contribution in [2.24, 2.45) is 0 Å². The Bertz CT molecular complexity index is 1280. The predicted octanol–water partition coefficient (Wildman–Crippen LogP) is 4.40. The molecule has 0 aliphatic carbocycles. The number of hydrogen-bond acceptors (Lipinski definition) is 6. The summed E-state index contributed by atoms with van der Waals surface area (Å²) in [6.07, 6.45) is -0.0322. The normalized spacial score (nSPS) is 14.9. The maximum atomic E-state index is 13.6. The molecule has 1 unspecified atom stereocenters. The van der Waals surface area contributed by atoms with Gasteiger partial charge in [0.15, 0.2) is 5.11 Å². The van der Waals surface area contributed by atoms with Crippen LogP contribution < -0.4 is 15.0 Å². The lowest BCUT2D eigenvalue weighted by Gasteiger charge is -2.30. The van der Waals surface area contributed by atoms with Crippen molar-refractivity contribution in [1.82, 2.24) is 4.90 Å². The number of imide groups is 1. The summed E-state index contributed by atoms with van der Waals surface area (Å²) in [5.41, 5.74) is 2.39. The Morgan fingerprint density at radius 1 is 1.03 bits per heavy atom. The standard InChI is InChI=1S/C28H27N3O5S/c1-3-36-23-15-11-21(12-16-23)29-28(37)30(18-19-7-5-4-6-8-19)24-17-25(32)31(26(24)33)22-13-9-20(10-14-22)27(34)35-2/h4-16,24H,3,17-18H2,1-2H3,(H,29,37). The SMILES string of the molecule is CCOc1ccc(NC(=S)N(Cc2ccccc2)C2CC(=O)N(c3ccc(C(=O)OC)cc3)C2=O)cc1. The van der Waals surface area contributed by atoms with E-state index in [4.69, 9.17) is 21.7 Å². The van der Waals surface area contributed by atoms with E-state index >= 15 is 0 Å². The summed E-state index contributed by atoms with van der Waals surface area (Å²) in [5, 5.41) is 3.51. The van der Waals surface area contributed by atoms with Gasteiger partial charge in [-0.15, -0.1) is 0 Å². The third-order valence-electron chi connectivity index (χ3n) is 5.92. The van der Waals surface area contributed by atoms with Crippen molar-refractivity contribution < 1.29 is 23.9 Å². The minimum atomic E-state index is -0.796. The average molecular weight is 518 g/mol. The first kappa shape index (κ1) is 25.8. The van der Waals surface area contributed by atoms with E-state index in [0.29, 0.717) is 29.5 Å². The molecule has 0 aromatic heterocycles. The number of carbonyl (C=O) groups is 3. The quantitative estimate of drug-likeness (QED) is 0.267. The van der Waals surface area contributed by atoms with Crippen LogP contribution in [0.4, 0.5) is 11.4 Å². The topological polar surface area (TPSA) is 88.2 Å². The molecule has 0 spiro atoms. The lowest BCUT2D eigenvalue weighted by atomic mass is 10.1. The van der Waals surface area contributed by atoms with Gasteiger partial charge in [0, 0.05) is 12.2 Å². The summed E-state index contributed by atoms with van der Waals surface area (Å²) in [4.78, 5) is 41.2. The Labute approximate surface area is 220 Å². The largest absolute Gasteiger partial charge is 0.494 e. The van der Waals surface area contributed by atoms with E-state index in [9.17, 15) is 14.4 Å². The van der Waals surface area contributed by atoms with Crippen LogP contribution in [0.2, 0.25) is 0 Å². The van der Waals surface area contributed by atoms with Gasteiger partial charge in [-0.1, -0.05) is 30.3 Å². The predicted molar refractivity (Wildman–Crippen MR) is 144 cm³/mol. The van der Waals surface area contributed by atoms with Gasteiger partial charge in [-0.2, -0.15) is 0 Å². The minimum absolute atomic E-state index is 0.0322. The number of esters is 1. The summed E-state index contributed by atoms with van der Waals surface area (Å²) in [5.74, 6) is -0.487. The van der Waals surface area contributed by atoms with E-state index in [1.165, 1.54) is 19.2 Å². The molecule has 1 atom stereocenters. The molecule has 37 heavy (non-hydrogen) atoms. The molecule has 190 valence electrons. The van der Waals surface area contributed by atoms with E-state index in [1.54, 1.807) is 17.0 Å². The third kappa shape index (κ3) is 5.95. The molecular weight excluding hydrogens is 490 g/mol. The lowest BCUT2D eigenvalue weighted by molar-refractivity contribution is -0.122. The molecular formula is C28H27N3O5S. The number of benzene rings is 3. The van der Waals surface area contributed by atoms with Crippen LogP contribution in [-0.2, 0) is 20.9 Å². The molecule has 0 radical (unpaired) electrons. The van der Waals surface area contributed by atoms with Gasteiger partial charge < -0.3 is 19.7 Å². The second kappa shape index (κ2) is 11.7. The molecule has 1 fully saturated rings. The molecule has 1 aliphatic rings. The van der Waals surface area contributed by atoms with Crippen molar-refractivity contribution in [3.63, 3.8) is 0 Å². The van der Waals surface area contributed by atoms with Gasteiger partial charge in [-0.05, 0) is 73.2 Å². The minimum Gasteiger partial charge on any atom is -0.494 e. The number of thiocarbonyl (C=S) groups is 1. The van der Waals surface area contributed by atoms with Crippen LogP contribution in [0.15, 0.2) is 78.9 Å².